The highest BCUT2D eigenvalue weighted by Crippen LogP contribution is 2.47. The minimum absolute atomic E-state index is 0.218. The number of halogens is 1. The molecule has 4 atom stereocenters. The third-order valence-corrected chi connectivity index (χ3v) is 8.45. The van der Waals surface area contributed by atoms with E-state index >= 15 is 0 Å². The SMILES string of the molecule is CCOC(=O)C1(C)C[C@@H](n2cnc3c(NC(C4CCC4)C4CCC4)nc(Cl)cc32)[C@H](O)[C@@H]1O. The number of pyridine rings is 1. The van der Waals surface area contributed by atoms with E-state index in [1.807, 2.05) is 4.57 Å². The summed E-state index contributed by atoms with van der Waals surface area (Å²) < 4.78 is 7.00. The second kappa shape index (κ2) is 8.71. The van der Waals surface area contributed by atoms with Crippen molar-refractivity contribution >= 4 is 34.4 Å². The molecular formula is C24H33ClN4O4. The molecule has 3 aliphatic rings. The number of aliphatic hydroxyl groups excluding tert-OH is 2. The van der Waals surface area contributed by atoms with Crippen LogP contribution in [0, 0.1) is 17.3 Å². The van der Waals surface area contributed by atoms with Gasteiger partial charge in [-0.1, -0.05) is 24.4 Å². The average molecular weight is 477 g/mol. The fraction of sp³-hybridized carbons (Fsp3) is 0.708. The van der Waals surface area contributed by atoms with E-state index in [0.29, 0.717) is 34.4 Å². The number of imidazole rings is 1. The zero-order valence-electron chi connectivity index (χ0n) is 19.2. The summed E-state index contributed by atoms with van der Waals surface area (Å²) in [5.74, 6) is 1.48. The number of ether oxygens (including phenoxy) is 1. The molecule has 2 aromatic heterocycles. The van der Waals surface area contributed by atoms with Gasteiger partial charge in [0.1, 0.15) is 16.8 Å². The maximum Gasteiger partial charge on any atom is 0.314 e. The van der Waals surface area contributed by atoms with Crippen molar-refractivity contribution < 1.29 is 19.7 Å². The topological polar surface area (TPSA) is 110 Å². The van der Waals surface area contributed by atoms with E-state index in [4.69, 9.17) is 16.3 Å². The van der Waals surface area contributed by atoms with Crippen LogP contribution in [0.1, 0.15) is 64.8 Å². The first-order chi connectivity index (χ1) is 15.8. The molecule has 33 heavy (non-hydrogen) atoms. The molecule has 5 rings (SSSR count). The third kappa shape index (κ3) is 3.80. The molecule has 9 heteroatoms. The van der Waals surface area contributed by atoms with E-state index in [1.165, 1.54) is 38.5 Å². The van der Waals surface area contributed by atoms with Gasteiger partial charge in [-0.25, -0.2) is 9.97 Å². The summed E-state index contributed by atoms with van der Waals surface area (Å²) in [4.78, 5) is 21.8. The number of anilines is 1. The van der Waals surface area contributed by atoms with Gasteiger partial charge in [0.25, 0.3) is 0 Å². The van der Waals surface area contributed by atoms with E-state index < -0.39 is 29.6 Å². The Morgan fingerprint density at radius 2 is 1.97 bits per heavy atom. The first kappa shape index (κ1) is 22.9. The molecule has 3 fully saturated rings. The Morgan fingerprint density at radius 1 is 1.30 bits per heavy atom. The van der Waals surface area contributed by atoms with Crippen LogP contribution >= 0.6 is 11.6 Å². The molecule has 0 bridgehead atoms. The standard InChI is InChI=1S/C24H33ClN4O4/c1-3-33-23(32)24(2)11-16(20(30)21(24)31)29-12-26-19-15(29)10-17(25)27-22(19)28-18(13-6-4-7-13)14-8-5-9-14/h10,12-14,16,18,20-21,30-31H,3-9,11H2,1-2H3,(H,27,28)/t16-,20+,21+,24?/m1/s1. The van der Waals surface area contributed by atoms with Gasteiger partial charge in [0.05, 0.1) is 36.0 Å². The quantitative estimate of drug-likeness (QED) is 0.413. The lowest BCUT2D eigenvalue weighted by Crippen LogP contribution is -2.42. The second-order valence-corrected chi connectivity index (χ2v) is 10.6. The molecular weight excluding hydrogens is 444 g/mol. The lowest BCUT2D eigenvalue weighted by atomic mass is 9.68. The molecule has 3 saturated carbocycles. The van der Waals surface area contributed by atoms with E-state index in [0.717, 1.165) is 5.52 Å². The van der Waals surface area contributed by atoms with E-state index in [2.05, 4.69) is 15.3 Å². The monoisotopic (exact) mass is 476 g/mol. The molecule has 0 spiro atoms. The van der Waals surface area contributed by atoms with Gasteiger partial charge >= 0.3 is 5.97 Å². The lowest BCUT2D eigenvalue weighted by molar-refractivity contribution is -0.161. The van der Waals surface area contributed by atoms with Gasteiger partial charge < -0.3 is 24.8 Å². The summed E-state index contributed by atoms with van der Waals surface area (Å²) in [5, 5.41) is 25.6. The van der Waals surface area contributed by atoms with Crippen molar-refractivity contribution in [3.63, 3.8) is 0 Å². The molecule has 0 saturated heterocycles. The molecule has 180 valence electrons. The van der Waals surface area contributed by atoms with Gasteiger partial charge in [-0.15, -0.1) is 0 Å². The number of fused-ring (bicyclic) bond motifs is 1. The minimum Gasteiger partial charge on any atom is -0.465 e. The van der Waals surface area contributed by atoms with Crippen LogP contribution in [0.15, 0.2) is 12.4 Å². The van der Waals surface area contributed by atoms with Gasteiger partial charge in [0.15, 0.2) is 5.82 Å². The molecule has 0 radical (unpaired) electrons. The maximum absolute atomic E-state index is 12.6. The van der Waals surface area contributed by atoms with Crippen molar-refractivity contribution in [1.82, 2.24) is 14.5 Å². The molecule has 0 aliphatic heterocycles. The molecule has 2 heterocycles. The molecule has 0 amide bonds. The number of aliphatic hydroxyl groups is 2. The van der Waals surface area contributed by atoms with Crippen LogP contribution in [0.25, 0.3) is 11.0 Å². The Labute approximate surface area is 198 Å². The molecule has 1 unspecified atom stereocenters. The van der Waals surface area contributed by atoms with Crippen LogP contribution in [-0.4, -0.2) is 55.6 Å². The number of aromatic nitrogens is 3. The summed E-state index contributed by atoms with van der Waals surface area (Å²) >= 11 is 6.43. The van der Waals surface area contributed by atoms with E-state index in [-0.39, 0.29) is 13.0 Å². The first-order valence-electron chi connectivity index (χ1n) is 12.2. The van der Waals surface area contributed by atoms with Crippen molar-refractivity contribution in [1.29, 1.82) is 0 Å². The lowest BCUT2D eigenvalue weighted by Gasteiger charge is -2.43. The highest BCUT2D eigenvalue weighted by atomic mass is 35.5. The summed E-state index contributed by atoms with van der Waals surface area (Å²) in [5.41, 5.74) is 0.214. The zero-order valence-corrected chi connectivity index (χ0v) is 20.0. The minimum atomic E-state index is -1.24. The normalized spacial score (nSPS) is 30.4. The number of carbonyl (C=O) groups is 1. The summed E-state index contributed by atoms with van der Waals surface area (Å²) in [6.45, 7) is 3.58. The largest absolute Gasteiger partial charge is 0.465 e. The Bertz CT molecular complexity index is 1020. The predicted molar refractivity (Wildman–Crippen MR) is 125 cm³/mol. The summed E-state index contributed by atoms with van der Waals surface area (Å²) in [6.07, 6.45) is 7.02. The molecule has 3 N–H and O–H groups in total. The number of nitrogens with zero attached hydrogens (tertiary/aromatic N) is 3. The zero-order chi connectivity index (χ0) is 23.3. The van der Waals surface area contributed by atoms with Crippen molar-refractivity contribution in [2.75, 3.05) is 11.9 Å². The van der Waals surface area contributed by atoms with Crippen LogP contribution in [0.2, 0.25) is 5.15 Å². The van der Waals surface area contributed by atoms with Gasteiger partial charge in [0, 0.05) is 12.1 Å². The molecule has 0 aromatic carbocycles. The van der Waals surface area contributed by atoms with Crippen LogP contribution in [-0.2, 0) is 9.53 Å². The average Bonchev–Trinajstić information content (AvgIpc) is 3.20. The van der Waals surface area contributed by atoms with Crippen LogP contribution < -0.4 is 5.32 Å². The Balaban J connectivity index is 1.47. The number of rotatable bonds is 7. The fourth-order valence-corrected chi connectivity index (χ4v) is 5.96. The highest BCUT2D eigenvalue weighted by Gasteiger charge is 2.56. The highest BCUT2D eigenvalue weighted by molar-refractivity contribution is 6.30. The summed E-state index contributed by atoms with van der Waals surface area (Å²) in [6, 6.07) is 1.56. The van der Waals surface area contributed by atoms with Crippen molar-refractivity contribution in [2.24, 2.45) is 17.3 Å². The van der Waals surface area contributed by atoms with Gasteiger partial charge in [-0.3, -0.25) is 4.79 Å². The predicted octanol–water partition coefficient (Wildman–Crippen LogP) is 3.70. The van der Waals surface area contributed by atoms with Crippen LogP contribution in [0.4, 0.5) is 5.82 Å². The third-order valence-electron chi connectivity index (χ3n) is 8.25. The van der Waals surface area contributed by atoms with Crippen molar-refractivity contribution in [2.45, 2.75) is 83.1 Å². The number of nitrogens with one attached hydrogen (secondary N) is 1. The molecule has 3 aliphatic carbocycles. The van der Waals surface area contributed by atoms with Gasteiger partial charge in [0.2, 0.25) is 0 Å². The van der Waals surface area contributed by atoms with Crippen LogP contribution in [0.5, 0.6) is 0 Å². The second-order valence-electron chi connectivity index (χ2n) is 10.2. The van der Waals surface area contributed by atoms with E-state index in [9.17, 15) is 15.0 Å². The maximum atomic E-state index is 12.6. The Kier molecular flexibility index (Phi) is 6.04. The summed E-state index contributed by atoms with van der Waals surface area (Å²) in [7, 11) is 0. The number of hydrogen-bond donors (Lipinski definition) is 3. The smallest absolute Gasteiger partial charge is 0.314 e. The Morgan fingerprint density at radius 3 is 2.55 bits per heavy atom. The van der Waals surface area contributed by atoms with E-state index in [1.54, 1.807) is 26.2 Å². The van der Waals surface area contributed by atoms with Crippen molar-refractivity contribution in [3.8, 4) is 0 Å². The van der Waals surface area contributed by atoms with Crippen molar-refractivity contribution in [3.05, 3.63) is 17.5 Å². The first-order valence-corrected chi connectivity index (χ1v) is 12.5. The van der Waals surface area contributed by atoms with Gasteiger partial charge in [-0.05, 0) is 57.8 Å². The Hall–Kier alpha value is -1.90. The molecule has 2 aromatic rings. The van der Waals surface area contributed by atoms with Gasteiger partial charge in [-0.2, -0.15) is 0 Å². The molecule has 8 nitrogen and oxygen atoms in total. The number of esters is 1. The van der Waals surface area contributed by atoms with Crippen LogP contribution in [0.3, 0.4) is 0 Å². The number of carbonyl (C=O) groups excluding carboxylic acids is 1. The fourth-order valence-electron chi connectivity index (χ4n) is 5.77. The number of hydrogen-bond acceptors (Lipinski definition) is 7.